The molecule has 2 N–H and O–H groups in total. The topological polar surface area (TPSA) is 88.7 Å². The quantitative estimate of drug-likeness (QED) is 0.775. The fourth-order valence-corrected chi connectivity index (χ4v) is 2.46. The molecule has 0 aliphatic carbocycles. The van der Waals surface area contributed by atoms with Crippen molar-refractivity contribution >= 4 is 34.6 Å². The number of anilines is 1. The molecular formula is C17H19ClN4O3. The molecule has 0 unspecified atom stereocenters. The molecule has 1 aliphatic heterocycles. The molecule has 0 radical (unpaired) electrons. The first kappa shape index (κ1) is 18.7. The highest BCUT2D eigenvalue weighted by molar-refractivity contribution is 6.30. The number of aliphatic carboxylic acids is 1. The fourth-order valence-electron chi connectivity index (χ4n) is 2.34. The number of carbonyl (C=O) groups is 1. The van der Waals surface area contributed by atoms with E-state index in [1.807, 2.05) is 30.2 Å². The summed E-state index contributed by atoms with van der Waals surface area (Å²) in [6.07, 6.45) is 0. The summed E-state index contributed by atoms with van der Waals surface area (Å²) in [5.74, 6) is -0.714. The average molecular weight is 363 g/mol. The normalized spacial score (nSPS) is 13.5. The van der Waals surface area contributed by atoms with Crippen molar-refractivity contribution in [2.75, 3.05) is 19.1 Å². The van der Waals surface area contributed by atoms with Crippen molar-refractivity contribution in [3.05, 3.63) is 47.0 Å². The molecule has 7 nitrogen and oxygen atoms in total. The fraction of sp³-hybridized carbons (Fsp3) is 0.235. The highest BCUT2D eigenvalue weighted by Crippen LogP contribution is 2.44. The van der Waals surface area contributed by atoms with Gasteiger partial charge in [-0.2, -0.15) is 5.11 Å². The Hall–Kier alpha value is -2.64. The van der Waals surface area contributed by atoms with E-state index in [-0.39, 0.29) is 5.75 Å². The molecule has 25 heavy (non-hydrogen) atoms. The number of carboxylic acids is 1. The van der Waals surface area contributed by atoms with Crippen molar-refractivity contribution in [3.8, 4) is 5.75 Å². The molecule has 0 aromatic heterocycles. The van der Waals surface area contributed by atoms with Gasteiger partial charge in [0.1, 0.15) is 5.75 Å². The van der Waals surface area contributed by atoms with E-state index >= 15 is 0 Å². The summed E-state index contributed by atoms with van der Waals surface area (Å²) in [4.78, 5) is 9.00. The summed E-state index contributed by atoms with van der Waals surface area (Å²) in [5.41, 5.74) is 3.16. The Bertz CT molecular complexity index is 789. The second-order valence-electron chi connectivity index (χ2n) is 5.48. The second-order valence-corrected chi connectivity index (χ2v) is 5.91. The predicted molar refractivity (Wildman–Crippen MR) is 96.9 cm³/mol. The van der Waals surface area contributed by atoms with Crippen molar-refractivity contribution < 1.29 is 15.0 Å². The van der Waals surface area contributed by atoms with E-state index in [0.29, 0.717) is 16.4 Å². The maximum Gasteiger partial charge on any atom is 0.300 e. The van der Waals surface area contributed by atoms with Crippen molar-refractivity contribution in [2.45, 2.75) is 13.5 Å². The van der Waals surface area contributed by atoms with Gasteiger partial charge >= 0.3 is 0 Å². The van der Waals surface area contributed by atoms with Gasteiger partial charge in [-0.25, -0.2) is 5.01 Å². The minimum atomic E-state index is -0.833. The number of hydrogen-bond acceptors (Lipinski definition) is 6. The van der Waals surface area contributed by atoms with Crippen LogP contribution in [-0.2, 0) is 11.3 Å². The Morgan fingerprint density at radius 3 is 2.32 bits per heavy atom. The molecule has 0 saturated carbocycles. The number of nitrogens with zero attached hydrogens (tertiary/aromatic N) is 4. The molecule has 0 bridgehead atoms. The van der Waals surface area contributed by atoms with Gasteiger partial charge < -0.3 is 15.2 Å². The van der Waals surface area contributed by atoms with Crippen LogP contribution in [-0.4, -0.2) is 35.3 Å². The van der Waals surface area contributed by atoms with E-state index in [0.717, 1.165) is 24.7 Å². The third-order valence-corrected chi connectivity index (χ3v) is 3.79. The summed E-state index contributed by atoms with van der Waals surface area (Å²) in [6, 6.07) is 10.6. The van der Waals surface area contributed by atoms with E-state index in [4.69, 9.17) is 21.5 Å². The zero-order valence-corrected chi connectivity index (χ0v) is 14.9. The summed E-state index contributed by atoms with van der Waals surface area (Å²) in [7, 11) is 3.92. The van der Waals surface area contributed by atoms with Crippen molar-refractivity contribution in [3.63, 3.8) is 0 Å². The first-order valence-corrected chi connectivity index (χ1v) is 7.84. The van der Waals surface area contributed by atoms with Gasteiger partial charge in [-0.05, 0) is 35.9 Å². The zero-order valence-electron chi connectivity index (χ0n) is 14.1. The molecule has 132 valence electrons. The lowest BCUT2D eigenvalue weighted by molar-refractivity contribution is -0.134. The van der Waals surface area contributed by atoms with Crippen LogP contribution in [0.4, 0.5) is 17.1 Å². The van der Waals surface area contributed by atoms with Crippen LogP contribution in [0.1, 0.15) is 12.5 Å². The van der Waals surface area contributed by atoms with Crippen LogP contribution < -0.4 is 5.01 Å². The van der Waals surface area contributed by atoms with E-state index in [1.165, 1.54) is 0 Å². The standard InChI is InChI=1S/C15H15ClN4O.C2H4O2/c1-19-9-10-3-8-13(21)14(15(10)20(19)2)18-17-12-6-4-11(16)5-7-12;1-2(3)4/h3-8,21H,9H2,1-2H3;1H3,(H,3,4). The molecule has 3 rings (SSSR count). The molecule has 0 fully saturated rings. The smallest absolute Gasteiger partial charge is 0.300 e. The van der Waals surface area contributed by atoms with Crippen molar-refractivity contribution in [1.82, 2.24) is 5.01 Å². The van der Waals surface area contributed by atoms with Gasteiger partial charge in [-0.15, -0.1) is 5.11 Å². The molecule has 0 saturated heterocycles. The highest BCUT2D eigenvalue weighted by atomic mass is 35.5. The number of phenols is 1. The SMILES string of the molecule is CC(=O)O.CN1Cc2ccc(O)c(N=Nc3ccc(Cl)cc3)c2N1C. The molecule has 0 spiro atoms. The lowest BCUT2D eigenvalue weighted by Crippen LogP contribution is -2.29. The summed E-state index contributed by atoms with van der Waals surface area (Å²) in [6.45, 7) is 1.87. The monoisotopic (exact) mass is 362 g/mol. The summed E-state index contributed by atoms with van der Waals surface area (Å²) in [5, 5.41) is 30.6. The zero-order chi connectivity index (χ0) is 18.6. The number of azo groups is 1. The highest BCUT2D eigenvalue weighted by Gasteiger charge is 2.26. The van der Waals surface area contributed by atoms with Crippen LogP contribution in [0.2, 0.25) is 5.02 Å². The number of hydrazine groups is 1. The number of halogens is 1. The minimum absolute atomic E-state index is 0.119. The molecule has 2 aromatic rings. The minimum Gasteiger partial charge on any atom is -0.506 e. The number of fused-ring (bicyclic) bond motifs is 1. The van der Waals surface area contributed by atoms with E-state index in [1.54, 1.807) is 30.3 Å². The number of hydrogen-bond donors (Lipinski definition) is 2. The summed E-state index contributed by atoms with van der Waals surface area (Å²) < 4.78 is 0. The Kier molecular flexibility index (Phi) is 5.95. The van der Waals surface area contributed by atoms with Crippen LogP contribution in [0.5, 0.6) is 5.75 Å². The molecule has 0 amide bonds. The third kappa shape index (κ3) is 4.68. The predicted octanol–water partition coefficient (Wildman–Crippen LogP) is 4.35. The van der Waals surface area contributed by atoms with Crippen molar-refractivity contribution in [1.29, 1.82) is 0 Å². The number of carboxylic acid groups (broad SMARTS) is 1. The number of rotatable bonds is 2. The van der Waals surface area contributed by atoms with Crippen LogP contribution in [0.3, 0.4) is 0 Å². The third-order valence-electron chi connectivity index (χ3n) is 3.54. The molecular weight excluding hydrogens is 344 g/mol. The molecule has 8 heteroatoms. The van der Waals surface area contributed by atoms with Gasteiger partial charge in [0.15, 0.2) is 5.69 Å². The van der Waals surface area contributed by atoms with Gasteiger partial charge in [-0.1, -0.05) is 17.7 Å². The van der Waals surface area contributed by atoms with Crippen LogP contribution >= 0.6 is 11.6 Å². The van der Waals surface area contributed by atoms with Crippen LogP contribution in [0, 0.1) is 0 Å². The van der Waals surface area contributed by atoms with Gasteiger partial charge in [-0.3, -0.25) is 4.79 Å². The summed E-state index contributed by atoms with van der Waals surface area (Å²) >= 11 is 5.84. The number of phenolic OH excluding ortho intramolecular Hbond substituents is 1. The Balaban J connectivity index is 0.000000511. The van der Waals surface area contributed by atoms with E-state index in [2.05, 4.69) is 10.2 Å². The van der Waals surface area contributed by atoms with Gasteiger partial charge in [0.2, 0.25) is 0 Å². The Morgan fingerprint density at radius 1 is 1.12 bits per heavy atom. The second kappa shape index (κ2) is 7.96. The van der Waals surface area contributed by atoms with Crippen LogP contribution in [0.25, 0.3) is 0 Å². The van der Waals surface area contributed by atoms with Gasteiger partial charge in [0.05, 0.1) is 11.4 Å². The largest absolute Gasteiger partial charge is 0.506 e. The van der Waals surface area contributed by atoms with Crippen molar-refractivity contribution in [2.24, 2.45) is 10.2 Å². The maximum atomic E-state index is 10.1. The molecule has 0 atom stereocenters. The van der Waals surface area contributed by atoms with Gasteiger partial charge in [0, 0.05) is 32.6 Å². The van der Waals surface area contributed by atoms with E-state index < -0.39 is 5.97 Å². The first-order chi connectivity index (χ1) is 11.8. The number of aromatic hydroxyl groups is 1. The Morgan fingerprint density at radius 2 is 1.72 bits per heavy atom. The Labute approximate surface area is 150 Å². The maximum absolute atomic E-state index is 10.1. The van der Waals surface area contributed by atoms with E-state index in [9.17, 15) is 5.11 Å². The van der Waals surface area contributed by atoms with Gasteiger partial charge in [0.25, 0.3) is 5.97 Å². The average Bonchev–Trinajstić information content (AvgIpc) is 2.83. The molecule has 1 heterocycles. The molecule has 2 aromatic carbocycles. The first-order valence-electron chi connectivity index (χ1n) is 7.46. The lowest BCUT2D eigenvalue weighted by atomic mass is 10.1. The lowest BCUT2D eigenvalue weighted by Gasteiger charge is -2.22. The number of benzene rings is 2. The van der Waals surface area contributed by atoms with Crippen LogP contribution in [0.15, 0.2) is 46.6 Å². The molecule has 1 aliphatic rings.